The average molecular weight is 561 g/mol. The Morgan fingerprint density at radius 1 is 0.875 bits per heavy atom. The van der Waals surface area contributed by atoms with Gasteiger partial charge in [-0.05, 0) is 42.7 Å². The summed E-state index contributed by atoms with van der Waals surface area (Å²) in [6.07, 6.45) is 2.59. The van der Waals surface area contributed by atoms with Gasteiger partial charge in [0, 0.05) is 39.1 Å². The van der Waals surface area contributed by atoms with Crippen molar-refractivity contribution in [3.63, 3.8) is 0 Å². The molecule has 8 nitrogen and oxygen atoms in total. The minimum absolute atomic E-state index is 0.165. The zero-order valence-corrected chi connectivity index (χ0v) is 23.2. The Kier molecular flexibility index (Phi) is 9.91. The van der Waals surface area contributed by atoms with E-state index in [1.165, 1.54) is 11.9 Å². The first-order valence-corrected chi connectivity index (χ1v) is 13.7. The maximum Gasteiger partial charge on any atom is 0.255 e. The Morgan fingerprint density at radius 3 is 2.05 bits per heavy atom. The Bertz CT molecular complexity index is 1310. The normalized spacial score (nSPS) is 14.4. The second-order valence-electron chi connectivity index (χ2n) is 9.69. The van der Waals surface area contributed by atoms with Crippen LogP contribution >= 0.6 is 11.6 Å². The number of carbonyl (C=O) groups excluding carboxylic acids is 4. The number of benzene rings is 3. The van der Waals surface area contributed by atoms with E-state index >= 15 is 0 Å². The van der Waals surface area contributed by atoms with Crippen LogP contribution in [-0.4, -0.2) is 67.2 Å². The first-order chi connectivity index (χ1) is 19.4. The molecule has 3 aromatic rings. The SMILES string of the molecule is CNC(=O)c1ccccc1N(C=O)Cc1ccc(Cl)c(C(=O)N2CCN(C(=O)C3CC3)CC2)c1.c1ccccc1. The van der Waals surface area contributed by atoms with Crippen LogP contribution in [0.15, 0.2) is 78.9 Å². The molecule has 2 fully saturated rings. The third kappa shape index (κ3) is 7.27. The fraction of sp³-hybridized carbons (Fsp3) is 0.290. The number of hydrogen-bond acceptors (Lipinski definition) is 4. The van der Waals surface area contributed by atoms with Crippen molar-refractivity contribution in [1.29, 1.82) is 0 Å². The van der Waals surface area contributed by atoms with Gasteiger partial charge < -0.3 is 20.0 Å². The number of hydrogen-bond donors (Lipinski definition) is 1. The lowest BCUT2D eigenvalue weighted by Crippen LogP contribution is -2.51. The fourth-order valence-corrected chi connectivity index (χ4v) is 4.73. The van der Waals surface area contributed by atoms with Gasteiger partial charge in [0.2, 0.25) is 12.3 Å². The highest BCUT2D eigenvalue weighted by Crippen LogP contribution is 2.31. The molecule has 0 spiro atoms. The maximum atomic E-state index is 13.2. The Hall–Kier alpha value is -4.17. The molecule has 1 heterocycles. The quantitative estimate of drug-likeness (QED) is 0.438. The highest BCUT2D eigenvalue weighted by Gasteiger charge is 2.35. The van der Waals surface area contributed by atoms with E-state index in [1.54, 1.807) is 47.4 Å². The van der Waals surface area contributed by atoms with Crippen molar-refractivity contribution in [3.05, 3.63) is 101 Å². The highest BCUT2D eigenvalue weighted by molar-refractivity contribution is 6.33. The van der Waals surface area contributed by atoms with Crippen LogP contribution in [0.2, 0.25) is 5.02 Å². The predicted octanol–water partition coefficient (Wildman–Crippen LogP) is 4.24. The molecule has 9 heteroatoms. The van der Waals surface area contributed by atoms with Crippen LogP contribution in [0.1, 0.15) is 39.1 Å². The molecule has 4 amide bonds. The molecule has 0 radical (unpaired) electrons. The molecule has 0 unspecified atom stereocenters. The fourth-order valence-electron chi connectivity index (χ4n) is 4.54. The zero-order valence-electron chi connectivity index (χ0n) is 22.5. The summed E-state index contributed by atoms with van der Waals surface area (Å²) >= 11 is 6.36. The number of nitrogens with one attached hydrogen (secondary N) is 1. The van der Waals surface area contributed by atoms with Gasteiger partial charge in [-0.3, -0.25) is 19.2 Å². The molecule has 2 aliphatic rings. The Labute approximate surface area is 239 Å². The zero-order chi connectivity index (χ0) is 28.5. The van der Waals surface area contributed by atoms with Gasteiger partial charge in [0.05, 0.1) is 28.4 Å². The number of para-hydroxylation sites is 1. The third-order valence-electron chi connectivity index (χ3n) is 6.90. The molecule has 1 saturated heterocycles. The summed E-state index contributed by atoms with van der Waals surface area (Å²) in [7, 11) is 1.53. The molecule has 1 N–H and O–H groups in total. The van der Waals surface area contributed by atoms with Crippen molar-refractivity contribution in [1.82, 2.24) is 15.1 Å². The summed E-state index contributed by atoms with van der Waals surface area (Å²) in [5.41, 5.74) is 1.90. The topological polar surface area (TPSA) is 90.0 Å². The molecular weight excluding hydrogens is 528 g/mol. The minimum Gasteiger partial charge on any atom is -0.355 e. The second-order valence-corrected chi connectivity index (χ2v) is 10.1. The molecule has 1 aliphatic heterocycles. The molecule has 0 aromatic heterocycles. The van der Waals surface area contributed by atoms with Gasteiger partial charge >= 0.3 is 0 Å². The number of piperazine rings is 1. The van der Waals surface area contributed by atoms with Crippen molar-refractivity contribution in [2.75, 3.05) is 38.1 Å². The van der Waals surface area contributed by atoms with Crippen LogP contribution in [0.3, 0.4) is 0 Å². The summed E-state index contributed by atoms with van der Waals surface area (Å²) in [6, 6.07) is 23.9. The van der Waals surface area contributed by atoms with Gasteiger partial charge in [0.1, 0.15) is 0 Å². The highest BCUT2D eigenvalue weighted by atomic mass is 35.5. The van der Waals surface area contributed by atoms with Crippen LogP contribution in [0.4, 0.5) is 5.69 Å². The summed E-state index contributed by atoms with van der Waals surface area (Å²) in [5.74, 6) is -0.136. The maximum absolute atomic E-state index is 13.2. The molecule has 1 aliphatic carbocycles. The van der Waals surface area contributed by atoms with Crippen molar-refractivity contribution < 1.29 is 19.2 Å². The van der Waals surface area contributed by atoms with E-state index in [1.807, 2.05) is 41.3 Å². The molecule has 0 atom stereocenters. The number of halogens is 1. The van der Waals surface area contributed by atoms with E-state index in [9.17, 15) is 19.2 Å². The first-order valence-electron chi connectivity index (χ1n) is 13.3. The average Bonchev–Trinajstić information content (AvgIpc) is 3.87. The standard InChI is InChI=1S/C25H27ClN4O4.C6H6/c1-27-23(32)19-4-2-3-5-22(19)30(16-31)15-17-6-9-21(26)20(14-17)25(34)29-12-10-28(11-13-29)24(33)18-7-8-18;1-2-4-6-5-3-1/h2-6,9,14,16,18H,7-8,10-13,15H2,1H3,(H,27,32);1-6H. The minimum atomic E-state index is -0.297. The Balaban J connectivity index is 0.000000546. The summed E-state index contributed by atoms with van der Waals surface area (Å²) in [6.45, 7) is 2.12. The molecule has 40 heavy (non-hydrogen) atoms. The van der Waals surface area contributed by atoms with Gasteiger partial charge in [-0.2, -0.15) is 0 Å². The van der Waals surface area contributed by atoms with Gasteiger partial charge in [0.15, 0.2) is 0 Å². The van der Waals surface area contributed by atoms with E-state index in [2.05, 4.69) is 5.32 Å². The molecule has 3 aromatic carbocycles. The largest absolute Gasteiger partial charge is 0.355 e. The molecule has 5 rings (SSSR count). The van der Waals surface area contributed by atoms with Crippen LogP contribution in [0.5, 0.6) is 0 Å². The molecule has 208 valence electrons. The van der Waals surface area contributed by atoms with Crippen LogP contribution in [-0.2, 0) is 16.1 Å². The van der Waals surface area contributed by atoms with E-state index in [4.69, 9.17) is 11.6 Å². The van der Waals surface area contributed by atoms with E-state index in [0.717, 1.165) is 12.8 Å². The number of amides is 4. The van der Waals surface area contributed by atoms with Crippen LogP contribution < -0.4 is 10.2 Å². The van der Waals surface area contributed by atoms with Crippen molar-refractivity contribution in [3.8, 4) is 0 Å². The molecule has 1 saturated carbocycles. The first kappa shape index (κ1) is 28.8. The molecule has 0 bridgehead atoms. The van der Waals surface area contributed by atoms with E-state index in [0.29, 0.717) is 60.0 Å². The lowest BCUT2D eigenvalue weighted by molar-refractivity contribution is -0.134. The number of carbonyl (C=O) groups is 4. The van der Waals surface area contributed by atoms with E-state index < -0.39 is 0 Å². The van der Waals surface area contributed by atoms with Crippen molar-refractivity contribution >= 4 is 41.4 Å². The summed E-state index contributed by atoms with van der Waals surface area (Å²) in [5, 5.41) is 2.91. The third-order valence-corrected chi connectivity index (χ3v) is 7.23. The summed E-state index contributed by atoms with van der Waals surface area (Å²) < 4.78 is 0. The second kappa shape index (κ2) is 13.8. The molecular formula is C31H33ClN4O4. The number of anilines is 1. The van der Waals surface area contributed by atoms with Gasteiger partial charge in [-0.25, -0.2) is 0 Å². The Morgan fingerprint density at radius 2 is 1.48 bits per heavy atom. The number of rotatable bonds is 7. The van der Waals surface area contributed by atoms with Gasteiger partial charge in [0.25, 0.3) is 11.8 Å². The van der Waals surface area contributed by atoms with Crippen LogP contribution in [0, 0.1) is 5.92 Å². The predicted molar refractivity (Wildman–Crippen MR) is 155 cm³/mol. The monoisotopic (exact) mass is 560 g/mol. The summed E-state index contributed by atoms with van der Waals surface area (Å²) in [4.78, 5) is 54.6. The lowest BCUT2D eigenvalue weighted by Gasteiger charge is -2.35. The lowest BCUT2D eigenvalue weighted by atomic mass is 10.1. The van der Waals surface area contributed by atoms with Crippen molar-refractivity contribution in [2.24, 2.45) is 5.92 Å². The van der Waals surface area contributed by atoms with E-state index in [-0.39, 0.29) is 30.2 Å². The smallest absolute Gasteiger partial charge is 0.255 e. The number of nitrogens with zero attached hydrogens (tertiary/aromatic N) is 3. The van der Waals surface area contributed by atoms with Gasteiger partial charge in [-0.15, -0.1) is 0 Å². The van der Waals surface area contributed by atoms with Gasteiger partial charge in [-0.1, -0.05) is 66.2 Å². The van der Waals surface area contributed by atoms with Crippen molar-refractivity contribution in [2.45, 2.75) is 19.4 Å². The van der Waals surface area contributed by atoms with Crippen LogP contribution in [0.25, 0.3) is 0 Å².